The van der Waals surface area contributed by atoms with E-state index in [4.69, 9.17) is 0 Å². The Morgan fingerprint density at radius 1 is 0.611 bits per heavy atom. The molecule has 3 aromatic carbocycles. The lowest BCUT2D eigenvalue weighted by molar-refractivity contribution is 1.71. The fourth-order valence-corrected chi connectivity index (χ4v) is 1.72. The largest absolute Gasteiger partial charge is 0.0985 e. The molecule has 18 heavy (non-hydrogen) atoms. The molecular weight excluding hydrogens is 216 g/mol. The fourth-order valence-electron chi connectivity index (χ4n) is 1.72. The van der Waals surface area contributed by atoms with Crippen LogP contribution in [0.1, 0.15) is 5.56 Å². The Labute approximate surface area is 108 Å². The van der Waals surface area contributed by atoms with Crippen molar-refractivity contribution in [1.82, 2.24) is 0 Å². The molecule has 0 N–H and O–H groups in total. The van der Waals surface area contributed by atoms with Gasteiger partial charge < -0.3 is 0 Å². The minimum Gasteiger partial charge on any atom is -0.0985 e. The van der Waals surface area contributed by atoms with E-state index in [2.05, 4.69) is 49.0 Å². The molecule has 0 atom stereocenters. The first kappa shape index (κ1) is 12.1. The molecule has 0 aliphatic rings. The van der Waals surface area contributed by atoms with Gasteiger partial charge in [-0.15, -0.1) is 0 Å². The second-order valence-corrected chi connectivity index (χ2v) is 3.97. The molecule has 3 aromatic rings. The van der Waals surface area contributed by atoms with Gasteiger partial charge in [0.1, 0.15) is 0 Å². The van der Waals surface area contributed by atoms with E-state index in [1.54, 1.807) is 0 Å². The van der Waals surface area contributed by atoms with Crippen molar-refractivity contribution in [1.29, 1.82) is 0 Å². The summed E-state index contributed by atoms with van der Waals surface area (Å²) >= 11 is 0. The molecule has 0 bridgehead atoms. The average molecular weight is 232 g/mol. The van der Waals surface area contributed by atoms with Crippen LogP contribution < -0.4 is 0 Å². The van der Waals surface area contributed by atoms with E-state index in [-0.39, 0.29) is 0 Å². The van der Waals surface area contributed by atoms with Crippen LogP contribution >= 0.6 is 0 Å². The lowest BCUT2D eigenvalue weighted by Gasteiger charge is -1.97. The Kier molecular flexibility index (Phi) is 4.32. The van der Waals surface area contributed by atoms with Crippen molar-refractivity contribution in [2.24, 2.45) is 0 Å². The highest BCUT2D eigenvalue weighted by Crippen LogP contribution is 2.15. The number of hydrogen-bond acceptors (Lipinski definition) is 0. The highest BCUT2D eigenvalue weighted by molar-refractivity contribution is 5.84. The Balaban J connectivity index is 0.000000169. The summed E-state index contributed by atoms with van der Waals surface area (Å²) < 4.78 is 0. The molecule has 0 saturated heterocycles. The van der Waals surface area contributed by atoms with Crippen LogP contribution in [0.4, 0.5) is 0 Å². The Bertz CT molecular complexity index is 582. The van der Waals surface area contributed by atoms with Gasteiger partial charge in [0, 0.05) is 0 Å². The van der Waals surface area contributed by atoms with E-state index < -0.39 is 0 Å². The van der Waals surface area contributed by atoms with E-state index in [1.165, 1.54) is 16.3 Å². The Hall–Kier alpha value is -2.34. The molecular formula is C18H16. The summed E-state index contributed by atoms with van der Waals surface area (Å²) in [6.07, 6.45) is 1.87. The highest BCUT2D eigenvalue weighted by Gasteiger charge is 1.90. The number of fused-ring (bicyclic) bond motifs is 1. The zero-order valence-corrected chi connectivity index (χ0v) is 10.3. The molecule has 3 rings (SSSR count). The predicted octanol–water partition coefficient (Wildman–Crippen LogP) is 5.17. The second-order valence-electron chi connectivity index (χ2n) is 3.97. The van der Waals surface area contributed by atoms with Gasteiger partial charge in [0.15, 0.2) is 0 Å². The molecule has 0 aliphatic carbocycles. The first-order valence-electron chi connectivity index (χ1n) is 6.01. The van der Waals surface area contributed by atoms with Gasteiger partial charge in [0.2, 0.25) is 0 Å². The molecule has 0 amide bonds. The molecule has 0 radical (unpaired) electrons. The summed E-state index contributed by atoms with van der Waals surface area (Å²) in [5, 5.41) is 2.55. The lowest BCUT2D eigenvalue weighted by Crippen LogP contribution is -1.73. The van der Waals surface area contributed by atoms with E-state index in [1.807, 2.05) is 42.5 Å². The summed E-state index contributed by atoms with van der Waals surface area (Å²) in [6, 6.07) is 26.7. The summed E-state index contributed by atoms with van der Waals surface area (Å²) in [6.45, 7) is 3.74. The third kappa shape index (κ3) is 3.33. The number of rotatable bonds is 1. The van der Waals surface area contributed by atoms with Gasteiger partial charge in [0.05, 0.1) is 0 Å². The van der Waals surface area contributed by atoms with Crippen molar-refractivity contribution in [2.45, 2.75) is 0 Å². The molecule has 0 heteroatoms. The normalized spacial score (nSPS) is 9.33. The molecule has 0 aromatic heterocycles. The molecule has 0 spiro atoms. The SMILES string of the molecule is C=Cc1ccc2ccccc2c1.c1ccccc1. The van der Waals surface area contributed by atoms with E-state index >= 15 is 0 Å². The third-order valence-electron chi connectivity index (χ3n) is 2.68. The fraction of sp³-hybridized carbons (Fsp3) is 0. The minimum atomic E-state index is 1.17. The molecule has 0 saturated carbocycles. The molecule has 0 unspecified atom stereocenters. The van der Waals surface area contributed by atoms with Crippen molar-refractivity contribution in [3.8, 4) is 0 Å². The van der Waals surface area contributed by atoms with Crippen LogP contribution in [0.25, 0.3) is 16.8 Å². The monoisotopic (exact) mass is 232 g/mol. The van der Waals surface area contributed by atoms with Gasteiger partial charge in [0.25, 0.3) is 0 Å². The van der Waals surface area contributed by atoms with Gasteiger partial charge >= 0.3 is 0 Å². The number of benzene rings is 3. The van der Waals surface area contributed by atoms with Gasteiger partial charge in [-0.05, 0) is 22.4 Å². The Morgan fingerprint density at radius 3 is 1.72 bits per heavy atom. The van der Waals surface area contributed by atoms with E-state index in [0.29, 0.717) is 0 Å². The maximum absolute atomic E-state index is 3.74. The smallest absolute Gasteiger partial charge is 0.0178 e. The van der Waals surface area contributed by atoms with Crippen LogP contribution in [-0.2, 0) is 0 Å². The zero-order chi connectivity index (χ0) is 12.6. The quantitative estimate of drug-likeness (QED) is 0.543. The predicted molar refractivity (Wildman–Crippen MR) is 80.5 cm³/mol. The molecule has 88 valence electrons. The highest BCUT2D eigenvalue weighted by atomic mass is 14.0. The van der Waals surface area contributed by atoms with Crippen LogP contribution in [0, 0.1) is 0 Å². The number of hydrogen-bond donors (Lipinski definition) is 0. The van der Waals surface area contributed by atoms with Gasteiger partial charge in [-0.25, -0.2) is 0 Å². The summed E-state index contributed by atoms with van der Waals surface area (Å²) in [5.41, 5.74) is 1.17. The summed E-state index contributed by atoms with van der Waals surface area (Å²) in [5.74, 6) is 0. The zero-order valence-electron chi connectivity index (χ0n) is 10.3. The van der Waals surface area contributed by atoms with Crippen LogP contribution in [0.15, 0.2) is 85.4 Å². The first-order valence-corrected chi connectivity index (χ1v) is 6.01. The van der Waals surface area contributed by atoms with Crippen molar-refractivity contribution < 1.29 is 0 Å². The molecule has 0 aliphatic heterocycles. The first-order chi connectivity index (χ1) is 8.90. The average Bonchev–Trinajstić information content (AvgIpc) is 2.49. The van der Waals surface area contributed by atoms with Gasteiger partial charge in [-0.3, -0.25) is 0 Å². The maximum Gasteiger partial charge on any atom is -0.0178 e. The van der Waals surface area contributed by atoms with Crippen molar-refractivity contribution in [3.05, 3.63) is 91.0 Å². The Morgan fingerprint density at radius 2 is 1.17 bits per heavy atom. The van der Waals surface area contributed by atoms with Crippen molar-refractivity contribution >= 4 is 16.8 Å². The van der Waals surface area contributed by atoms with Crippen LogP contribution in [-0.4, -0.2) is 0 Å². The lowest BCUT2D eigenvalue weighted by atomic mass is 10.1. The molecule has 0 fully saturated rings. The summed E-state index contributed by atoms with van der Waals surface area (Å²) in [7, 11) is 0. The molecule has 0 heterocycles. The molecule has 0 nitrogen and oxygen atoms in total. The second kappa shape index (κ2) is 6.41. The van der Waals surface area contributed by atoms with E-state index in [9.17, 15) is 0 Å². The maximum atomic E-state index is 3.74. The van der Waals surface area contributed by atoms with Crippen molar-refractivity contribution in [2.75, 3.05) is 0 Å². The van der Waals surface area contributed by atoms with E-state index in [0.717, 1.165) is 0 Å². The van der Waals surface area contributed by atoms with Gasteiger partial charge in [-0.1, -0.05) is 85.5 Å². The minimum absolute atomic E-state index is 1.17. The standard InChI is InChI=1S/C12H10.C6H6/c1-2-10-7-8-11-5-3-4-6-12(11)9-10;1-2-4-6-5-3-1/h2-9H,1H2;1-6H. The van der Waals surface area contributed by atoms with Crippen LogP contribution in [0.3, 0.4) is 0 Å². The van der Waals surface area contributed by atoms with Crippen LogP contribution in [0.5, 0.6) is 0 Å². The topological polar surface area (TPSA) is 0 Å². The van der Waals surface area contributed by atoms with Crippen LogP contribution in [0.2, 0.25) is 0 Å². The summed E-state index contributed by atoms with van der Waals surface area (Å²) in [4.78, 5) is 0. The third-order valence-corrected chi connectivity index (χ3v) is 2.68. The van der Waals surface area contributed by atoms with Crippen molar-refractivity contribution in [3.63, 3.8) is 0 Å². The van der Waals surface area contributed by atoms with Gasteiger partial charge in [-0.2, -0.15) is 0 Å².